The molecule has 0 heterocycles. The molecule has 1 aromatic carbocycles. The Morgan fingerprint density at radius 1 is 1.27 bits per heavy atom. The molecule has 0 amide bonds. The molecule has 6 nitrogen and oxygen atoms in total. The standard InChI is InChI=1S/C10H15NS.C5H9NO4/c1-2-11-12-9-8-10-6-4-3-5-7-10;6-3(5(9)10)1-2-4(7)8/h3-7,11H,2,8-9H2,1H3;3H,1-2,6H2,(H,7,8)(H,9,10)/t;3-/m.0/s1. The summed E-state index contributed by atoms with van der Waals surface area (Å²) in [5, 5.41) is 16.3. The number of carboxylic acid groups (broad SMARTS) is 2. The number of nitrogens with two attached hydrogens (primary N) is 1. The first-order valence-electron chi connectivity index (χ1n) is 7.06. The first-order valence-corrected chi connectivity index (χ1v) is 8.04. The summed E-state index contributed by atoms with van der Waals surface area (Å²) in [5.74, 6) is -1.05. The number of aliphatic carboxylic acids is 2. The van der Waals surface area contributed by atoms with E-state index in [0.29, 0.717) is 0 Å². The molecule has 1 atom stereocenters. The molecule has 124 valence electrons. The Kier molecular flexibility index (Phi) is 12.2. The van der Waals surface area contributed by atoms with Crippen LogP contribution in [0.25, 0.3) is 0 Å². The second-order valence-corrected chi connectivity index (χ2v) is 5.44. The molecular weight excluding hydrogens is 304 g/mol. The highest BCUT2D eigenvalue weighted by atomic mass is 32.2. The second kappa shape index (κ2) is 13.1. The summed E-state index contributed by atoms with van der Waals surface area (Å²) in [6.07, 6.45) is 0.927. The molecule has 0 radical (unpaired) electrons. The summed E-state index contributed by atoms with van der Waals surface area (Å²) >= 11 is 1.80. The largest absolute Gasteiger partial charge is 0.481 e. The predicted octanol–water partition coefficient (Wildman–Crippen LogP) is 1.75. The van der Waals surface area contributed by atoms with Crippen LogP contribution in [0.15, 0.2) is 30.3 Å². The lowest BCUT2D eigenvalue weighted by molar-refractivity contribution is -0.139. The van der Waals surface area contributed by atoms with Crippen molar-refractivity contribution in [1.82, 2.24) is 4.72 Å². The minimum Gasteiger partial charge on any atom is -0.481 e. The Labute approximate surface area is 135 Å². The van der Waals surface area contributed by atoms with Crippen molar-refractivity contribution in [3.63, 3.8) is 0 Å². The van der Waals surface area contributed by atoms with Crippen LogP contribution in [0.5, 0.6) is 0 Å². The maximum Gasteiger partial charge on any atom is 0.320 e. The number of hydrogen-bond donors (Lipinski definition) is 4. The maximum absolute atomic E-state index is 9.99. The van der Waals surface area contributed by atoms with Gasteiger partial charge >= 0.3 is 11.9 Å². The fourth-order valence-electron chi connectivity index (χ4n) is 1.39. The van der Waals surface area contributed by atoms with E-state index < -0.39 is 18.0 Å². The summed E-state index contributed by atoms with van der Waals surface area (Å²) < 4.78 is 3.24. The molecule has 0 unspecified atom stereocenters. The number of benzene rings is 1. The minimum atomic E-state index is -1.17. The van der Waals surface area contributed by atoms with E-state index in [2.05, 4.69) is 42.0 Å². The molecule has 22 heavy (non-hydrogen) atoms. The number of carboxylic acids is 2. The molecule has 0 aromatic heterocycles. The van der Waals surface area contributed by atoms with Crippen LogP contribution in [-0.4, -0.2) is 40.5 Å². The fraction of sp³-hybridized carbons (Fsp3) is 0.467. The third-order valence-electron chi connectivity index (χ3n) is 2.57. The molecule has 5 N–H and O–H groups in total. The molecule has 7 heteroatoms. The third kappa shape index (κ3) is 12.2. The lowest BCUT2D eigenvalue weighted by Crippen LogP contribution is -2.30. The Morgan fingerprint density at radius 3 is 2.41 bits per heavy atom. The van der Waals surface area contributed by atoms with Crippen LogP contribution < -0.4 is 10.5 Å². The fourth-order valence-corrected chi connectivity index (χ4v) is 2.08. The van der Waals surface area contributed by atoms with Gasteiger partial charge < -0.3 is 15.9 Å². The first-order chi connectivity index (χ1) is 10.5. The Hall–Kier alpha value is -1.57. The van der Waals surface area contributed by atoms with Crippen molar-refractivity contribution in [2.75, 3.05) is 12.3 Å². The maximum atomic E-state index is 9.99. The lowest BCUT2D eigenvalue weighted by Gasteiger charge is -2.01. The number of hydrogen-bond acceptors (Lipinski definition) is 5. The van der Waals surface area contributed by atoms with Gasteiger partial charge in [-0.3, -0.25) is 14.3 Å². The number of nitrogens with one attached hydrogen (secondary N) is 1. The molecule has 0 aliphatic carbocycles. The van der Waals surface area contributed by atoms with E-state index in [-0.39, 0.29) is 12.8 Å². The molecule has 0 saturated carbocycles. The predicted molar refractivity (Wildman–Crippen MR) is 88.8 cm³/mol. The Balaban J connectivity index is 0.000000409. The van der Waals surface area contributed by atoms with E-state index in [4.69, 9.17) is 15.9 Å². The van der Waals surface area contributed by atoms with Gasteiger partial charge in [0.2, 0.25) is 0 Å². The average molecular weight is 328 g/mol. The number of carbonyl (C=O) groups is 2. The topological polar surface area (TPSA) is 113 Å². The van der Waals surface area contributed by atoms with Crippen LogP contribution in [0.3, 0.4) is 0 Å². The zero-order valence-electron chi connectivity index (χ0n) is 12.7. The van der Waals surface area contributed by atoms with E-state index in [1.165, 1.54) is 5.56 Å². The Bertz CT molecular complexity index is 429. The van der Waals surface area contributed by atoms with Crippen molar-refractivity contribution in [3.8, 4) is 0 Å². The van der Waals surface area contributed by atoms with Gasteiger partial charge in [0.05, 0.1) is 0 Å². The molecular formula is C15H24N2O4S. The van der Waals surface area contributed by atoms with Gasteiger partial charge in [-0.25, -0.2) is 0 Å². The molecule has 1 aromatic rings. The zero-order valence-corrected chi connectivity index (χ0v) is 13.5. The summed E-state index contributed by atoms with van der Waals surface area (Å²) in [6.45, 7) is 3.16. The smallest absolute Gasteiger partial charge is 0.320 e. The Morgan fingerprint density at radius 2 is 1.91 bits per heavy atom. The summed E-state index contributed by atoms with van der Waals surface area (Å²) in [5.41, 5.74) is 6.42. The van der Waals surface area contributed by atoms with E-state index in [9.17, 15) is 9.59 Å². The third-order valence-corrected chi connectivity index (χ3v) is 3.47. The highest BCUT2D eigenvalue weighted by Crippen LogP contribution is 2.03. The highest BCUT2D eigenvalue weighted by molar-refractivity contribution is 7.97. The SMILES string of the molecule is CCNSCCc1ccccc1.N[C@@H](CCC(=O)O)C(=O)O. The molecule has 0 aliphatic heterocycles. The summed E-state index contributed by atoms with van der Waals surface area (Å²) in [4.78, 5) is 19.9. The van der Waals surface area contributed by atoms with Crippen LogP contribution in [0.2, 0.25) is 0 Å². The van der Waals surface area contributed by atoms with Crippen molar-refractivity contribution in [1.29, 1.82) is 0 Å². The van der Waals surface area contributed by atoms with Crippen molar-refractivity contribution < 1.29 is 19.8 Å². The summed E-state index contributed by atoms with van der Waals surface area (Å²) in [7, 11) is 0. The van der Waals surface area contributed by atoms with Crippen LogP contribution in [0, 0.1) is 0 Å². The van der Waals surface area contributed by atoms with Gasteiger partial charge in [-0.2, -0.15) is 0 Å². The zero-order chi connectivity index (χ0) is 16.8. The van der Waals surface area contributed by atoms with Gasteiger partial charge in [0, 0.05) is 18.7 Å². The quantitative estimate of drug-likeness (QED) is 0.403. The van der Waals surface area contributed by atoms with E-state index >= 15 is 0 Å². The van der Waals surface area contributed by atoms with Crippen LogP contribution in [0.1, 0.15) is 25.3 Å². The van der Waals surface area contributed by atoms with Gasteiger partial charge in [0.25, 0.3) is 0 Å². The molecule has 0 saturated heterocycles. The van der Waals surface area contributed by atoms with E-state index in [1.807, 2.05) is 0 Å². The number of rotatable bonds is 9. The molecule has 0 fully saturated rings. The molecule has 1 rings (SSSR count). The number of aryl methyl sites for hydroxylation is 1. The molecule has 0 aliphatic rings. The lowest BCUT2D eigenvalue weighted by atomic mass is 10.2. The van der Waals surface area contributed by atoms with Crippen LogP contribution >= 0.6 is 11.9 Å². The van der Waals surface area contributed by atoms with Crippen molar-refractivity contribution in [3.05, 3.63) is 35.9 Å². The average Bonchev–Trinajstić information content (AvgIpc) is 2.50. The first kappa shape index (κ1) is 20.4. The molecule has 0 spiro atoms. The van der Waals surface area contributed by atoms with E-state index in [1.54, 1.807) is 11.9 Å². The van der Waals surface area contributed by atoms with Crippen molar-refractivity contribution in [2.24, 2.45) is 5.73 Å². The molecule has 0 bridgehead atoms. The van der Waals surface area contributed by atoms with Gasteiger partial charge in [0.1, 0.15) is 6.04 Å². The van der Waals surface area contributed by atoms with Crippen LogP contribution in [-0.2, 0) is 16.0 Å². The normalized spacial score (nSPS) is 11.2. The summed E-state index contributed by atoms with van der Waals surface area (Å²) in [6, 6.07) is 9.52. The van der Waals surface area contributed by atoms with E-state index in [0.717, 1.165) is 18.7 Å². The van der Waals surface area contributed by atoms with Gasteiger partial charge in [-0.15, -0.1) is 0 Å². The van der Waals surface area contributed by atoms with Crippen molar-refractivity contribution in [2.45, 2.75) is 32.2 Å². The van der Waals surface area contributed by atoms with Gasteiger partial charge in [0.15, 0.2) is 0 Å². The van der Waals surface area contributed by atoms with Crippen molar-refractivity contribution >= 4 is 23.9 Å². The van der Waals surface area contributed by atoms with Crippen LogP contribution in [0.4, 0.5) is 0 Å². The minimum absolute atomic E-state index is 0.0231. The second-order valence-electron chi connectivity index (χ2n) is 4.46. The van der Waals surface area contributed by atoms with Gasteiger partial charge in [-0.1, -0.05) is 49.2 Å². The van der Waals surface area contributed by atoms with Gasteiger partial charge in [-0.05, 0) is 18.4 Å². The highest BCUT2D eigenvalue weighted by Gasteiger charge is 2.12. The monoisotopic (exact) mass is 328 g/mol.